The smallest absolute Gasteiger partial charge is 0.405 e. The van der Waals surface area contributed by atoms with Gasteiger partial charge in [-0.15, -0.1) is 0 Å². The molecule has 220 valence electrons. The fraction of sp³-hybridized carbons (Fsp3) is 0.517. The Morgan fingerprint density at radius 2 is 1.95 bits per heavy atom. The quantitative estimate of drug-likeness (QED) is 0.281. The molecular weight excluding hydrogens is 516 g/mol. The summed E-state index contributed by atoms with van der Waals surface area (Å²) in [6.07, 6.45) is 6.64. The lowest BCUT2D eigenvalue weighted by Gasteiger charge is -2.24. The molecule has 2 amide bonds. The lowest BCUT2D eigenvalue weighted by atomic mass is 9.92. The molecule has 1 aliphatic carbocycles. The molecule has 2 aliphatic rings. The number of amides is 2. The molecular formula is C29H42N4O7. The second-order valence-electron chi connectivity index (χ2n) is 10.2. The number of aliphatic hydroxyl groups excluding tert-OH is 1. The average molecular weight is 559 g/mol. The number of Topliss-reactive ketones (excluding diaryl/α,β-unsaturated/α-hetero) is 1. The van der Waals surface area contributed by atoms with Gasteiger partial charge >= 0.3 is 6.09 Å². The summed E-state index contributed by atoms with van der Waals surface area (Å²) in [5.74, 6) is -1.33. The number of carbonyl (C=O) groups excluding carboxylic acids is 4. The van der Waals surface area contributed by atoms with Crippen molar-refractivity contribution < 1.29 is 33.8 Å². The summed E-state index contributed by atoms with van der Waals surface area (Å²) >= 11 is 0. The molecule has 0 fully saturated rings. The SMILES string of the molecule is COC1/C=C\C=C(/C)C(=O)NC2=CC(=O)C(NCCN(C)C)=C(CCCCC(O)C/C=C(\C)C1OC(N)=O)C2=O. The van der Waals surface area contributed by atoms with E-state index in [1.54, 1.807) is 32.1 Å². The summed E-state index contributed by atoms with van der Waals surface area (Å²) < 4.78 is 10.8. The van der Waals surface area contributed by atoms with Crippen molar-refractivity contribution in [2.45, 2.75) is 64.3 Å². The number of rotatable bonds is 6. The molecule has 0 saturated carbocycles. The van der Waals surface area contributed by atoms with E-state index in [2.05, 4.69) is 10.6 Å². The van der Waals surface area contributed by atoms with Crippen molar-refractivity contribution >= 4 is 23.6 Å². The van der Waals surface area contributed by atoms with Crippen LogP contribution in [0.5, 0.6) is 0 Å². The number of methoxy groups -OCH3 is 1. The minimum atomic E-state index is -0.971. The number of primary amides is 1. The molecule has 0 aromatic heterocycles. The van der Waals surface area contributed by atoms with Crippen molar-refractivity contribution in [1.29, 1.82) is 0 Å². The number of allylic oxidation sites excluding steroid dienone is 4. The molecule has 0 aromatic carbocycles. The molecule has 3 atom stereocenters. The summed E-state index contributed by atoms with van der Waals surface area (Å²) in [6, 6.07) is 0. The van der Waals surface area contributed by atoms with Crippen LogP contribution in [0, 0.1) is 0 Å². The summed E-state index contributed by atoms with van der Waals surface area (Å²) in [4.78, 5) is 52.8. The third-order valence-electron chi connectivity index (χ3n) is 6.64. The van der Waals surface area contributed by atoms with E-state index < -0.39 is 36.1 Å². The van der Waals surface area contributed by atoms with Gasteiger partial charge in [0.05, 0.1) is 17.5 Å². The Balaban J connectivity index is 2.41. The first-order valence-corrected chi connectivity index (χ1v) is 13.4. The Kier molecular flexibility index (Phi) is 13.0. The van der Waals surface area contributed by atoms with Crippen molar-refractivity contribution in [2.75, 3.05) is 34.3 Å². The topological polar surface area (TPSA) is 160 Å². The molecule has 11 heteroatoms. The zero-order chi connectivity index (χ0) is 29.8. The largest absolute Gasteiger partial charge is 0.439 e. The normalized spacial score (nSPS) is 27.2. The monoisotopic (exact) mass is 558 g/mol. The molecule has 5 N–H and O–H groups in total. The van der Waals surface area contributed by atoms with Crippen LogP contribution in [0.2, 0.25) is 0 Å². The number of nitrogens with one attached hydrogen (secondary N) is 2. The van der Waals surface area contributed by atoms with Gasteiger partial charge in [-0.25, -0.2) is 4.79 Å². The Morgan fingerprint density at radius 1 is 1.23 bits per heavy atom. The maximum absolute atomic E-state index is 13.4. The number of hydrogen-bond acceptors (Lipinski definition) is 9. The molecule has 0 radical (unpaired) electrons. The molecule has 2 rings (SSSR count). The van der Waals surface area contributed by atoms with Crippen LogP contribution in [0.25, 0.3) is 0 Å². The molecule has 1 aliphatic heterocycles. The van der Waals surface area contributed by atoms with E-state index >= 15 is 0 Å². The van der Waals surface area contributed by atoms with Crippen LogP contribution in [0.4, 0.5) is 4.79 Å². The minimum Gasteiger partial charge on any atom is -0.439 e. The first-order valence-electron chi connectivity index (χ1n) is 13.4. The number of ether oxygens (including phenoxy) is 2. The third kappa shape index (κ3) is 9.89. The maximum Gasteiger partial charge on any atom is 0.405 e. The zero-order valence-corrected chi connectivity index (χ0v) is 24.0. The first kappa shape index (κ1) is 32.7. The van der Waals surface area contributed by atoms with Gasteiger partial charge in [-0.05, 0) is 59.2 Å². The fourth-order valence-electron chi connectivity index (χ4n) is 4.31. The van der Waals surface area contributed by atoms with E-state index in [0.29, 0.717) is 56.3 Å². The summed E-state index contributed by atoms with van der Waals surface area (Å²) in [5, 5.41) is 16.2. The Hall–Kier alpha value is -3.54. The highest BCUT2D eigenvalue weighted by Crippen LogP contribution is 2.23. The van der Waals surface area contributed by atoms with E-state index in [-0.39, 0.29) is 22.8 Å². The van der Waals surface area contributed by atoms with Crippen LogP contribution in [0.15, 0.2) is 58.5 Å². The molecule has 40 heavy (non-hydrogen) atoms. The van der Waals surface area contributed by atoms with Crippen molar-refractivity contribution in [3.8, 4) is 0 Å². The fourth-order valence-corrected chi connectivity index (χ4v) is 4.31. The van der Waals surface area contributed by atoms with Gasteiger partial charge in [-0.1, -0.05) is 30.7 Å². The standard InChI is InChI=1S/C29H42N4O7/c1-18-13-14-20(34)10-6-7-11-21-25(31-15-16-33(3)4)23(35)17-22(26(21)36)32-28(37)19(2)9-8-12-24(39-5)27(18)40-29(30)38/h8-9,12-13,17,20,24,27,31,34H,6-7,10-11,14-16H2,1-5H3,(H2,30,38)(H,32,37)/b12-8-,18-13+,19-9+. The Labute approximate surface area is 235 Å². The van der Waals surface area contributed by atoms with Gasteiger partial charge in [-0.3, -0.25) is 14.4 Å². The van der Waals surface area contributed by atoms with Gasteiger partial charge in [0, 0.05) is 37.4 Å². The predicted octanol–water partition coefficient (Wildman–Crippen LogP) is 1.80. The van der Waals surface area contributed by atoms with Crippen LogP contribution in [0.3, 0.4) is 0 Å². The van der Waals surface area contributed by atoms with Gasteiger partial charge in [0.2, 0.25) is 11.6 Å². The lowest BCUT2D eigenvalue weighted by molar-refractivity contribution is -0.120. The number of fused-ring (bicyclic) bond motifs is 2. The number of hydrogen-bond donors (Lipinski definition) is 4. The Morgan fingerprint density at radius 3 is 2.60 bits per heavy atom. The number of ketones is 2. The molecule has 0 spiro atoms. The summed E-state index contributed by atoms with van der Waals surface area (Å²) in [7, 11) is 5.26. The molecule has 0 aromatic rings. The van der Waals surface area contributed by atoms with Crippen molar-refractivity contribution in [1.82, 2.24) is 15.5 Å². The Bertz CT molecular complexity index is 1120. The zero-order valence-electron chi connectivity index (χ0n) is 24.0. The first-order chi connectivity index (χ1) is 18.9. The second kappa shape index (κ2) is 15.9. The number of aliphatic hydroxyl groups is 1. The number of nitrogens with zero attached hydrogens (tertiary/aromatic N) is 1. The second-order valence-corrected chi connectivity index (χ2v) is 10.2. The van der Waals surface area contributed by atoms with Crippen LogP contribution in [-0.2, 0) is 23.9 Å². The van der Waals surface area contributed by atoms with Crippen LogP contribution >= 0.6 is 0 Å². The van der Waals surface area contributed by atoms with Gasteiger partial charge in [-0.2, -0.15) is 0 Å². The number of carbonyl (C=O) groups is 4. The van der Waals surface area contributed by atoms with E-state index in [1.807, 2.05) is 19.0 Å². The molecule has 11 nitrogen and oxygen atoms in total. The van der Waals surface area contributed by atoms with E-state index in [9.17, 15) is 24.3 Å². The van der Waals surface area contributed by atoms with Crippen LogP contribution in [0.1, 0.15) is 46.0 Å². The van der Waals surface area contributed by atoms with E-state index in [4.69, 9.17) is 15.2 Å². The van der Waals surface area contributed by atoms with E-state index in [0.717, 1.165) is 6.08 Å². The highest BCUT2D eigenvalue weighted by Gasteiger charge is 2.30. The van der Waals surface area contributed by atoms with Crippen molar-refractivity contribution in [3.63, 3.8) is 0 Å². The highest BCUT2D eigenvalue weighted by atomic mass is 16.6. The molecule has 2 bridgehead atoms. The van der Waals surface area contributed by atoms with Gasteiger partial charge in [0.15, 0.2) is 6.10 Å². The number of nitrogens with two attached hydrogens (primary N) is 1. The average Bonchev–Trinajstić information content (AvgIpc) is 2.89. The van der Waals surface area contributed by atoms with Gasteiger partial charge < -0.3 is 35.8 Å². The maximum atomic E-state index is 13.4. The minimum absolute atomic E-state index is 0.0812. The van der Waals surface area contributed by atoms with Crippen molar-refractivity contribution in [2.24, 2.45) is 5.73 Å². The lowest BCUT2D eigenvalue weighted by Crippen LogP contribution is -2.37. The molecule has 1 heterocycles. The highest BCUT2D eigenvalue weighted by molar-refractivity contribution is 6.23. The molecule has 0 saturated heterocycles. The van der Waals surface area contributed by atoms with Crippen LogP contribution < -0.4 is 16.4 Å². The molecule has 3 unspecified atom stereocenters. The number of likely N-dealkylation sites (N-methyl/N-ethyl adjacent to an activating group) is 1. The summed E-state index contributed by atoms with van der Waals surface area (Å²) in [5.41, 5.74) is 6.68. The van der Waals surface area contributed by atoms with Crippen molar-refractivity contribution in [3.05, 3.63) is 58.5 Å². The van der Waals surface area contributed by atoms with Gasteiger partial charge in [0.25, 0.3) is 5.91 Å². The van der Waals surface area contributed by atoms with Crippen LogP contribution in [-0.4, -0.2) is 86.2 Å². The van der Waals surface area contributed by atoms with Gasteiger partial charge in [0.1, 0.15) is 6.10 Å². The predicted molar refractivity (Wildman–Crippen MR) is 151 cm³/mol. The third-order valence-corrected chi connectivity index (χ3v) is 6.64. The van der Waals surface area contributed by atoms with E-state index in [1.165, 1.54) is 13.2 Å². The summed E-state index contributed by atoms with van der Waals surface area (Å²) in [6.45, 7) is 4.46.